The Morgan fingerprint density at radius 1 is 1.60 bits per heavy atom. The Hall–Kier alpha value is -1.03. The predicted octanol–water partition coefficient (Wildman–Crippen LogP) is 2.83. The zero-order chi connectivity index (χ0) is 10.8. The van der Waals surface area contributed by atoms with Crippen LogP contribution in [0.1, 0.15) is 35.9 Å². The average molecular weight is 225 g/mol. The first kappa shape index (κ1) is 10.5. The van der Waals surface area contributed by atoms with Crippen molar-refractivity contribution in [2.24, 2.45) is 0 Å². The molecule has 1 atom stereocenters. The first-order chi connectivity index (χ1) is 7.18. The molecule has 1 aliphatic rings. The van der Waals surface area contributed by atoms with Crippen molar-refractivity contribution in [1.82, 2.24) is 0 Å². The first-order valence-corrected chi connectivity index (χ1v) is 6.15. The molecule has 15 heavy (non-hydrogen) atoms. The maximum absolute atomic E-state index is 10.8. The lowest BCUT2D eigenvalue weighted by molar-refractivity contribution is 0.0702. The molecule has 4 heteroatoms. The van der Waals surface area contributed by atoms with Crippen LogP contribution in [0.4, 0.5) is 5.69 Å². The summed E-state index contributed by atoms with van der Waals surface area (Å²) >= 11 is 1.31. The van der Waals surface area contributed by atoms with Crippen LogP contribution in [-0.4, -0.2) is 23.7 Å². The average Bonchev–Trinajstić information content (AvgIpc) is 2.67. The van der Waals surface area contributed by atoms with Crippen molar-refractivity contribution in [3.8, 4) is 0 Å². The van der Waals surface area contributed by atoms with Gasteiger partial charge in [-0.3, -0.25) is 0 Å². The maximum Gasteiger partial charge on any atom is 0.345 e. The molecule has 0 aromatic carbocycles. The van der Waals surface area contributed by atoms with E-state index in [1.165, 1.54) is 30.6 Å². The third kappa shape index (κ3) is 2.15. The lowest BCUT2D eigenvalue weighted by Gasteiger charge is -2.34. The molecule has 1 saturated heterocycles. The predicted molar refractivity (Wildman–Crippen MR) is 61.9 cm³/mol. The van der Waals surface area contributed by atoms with Crippen molar-refractivity contribution < 1.29 is 9.90 Å². The van der Waals surface area contributed by atoms with E-state index in [-0.39, 0.29) is 0 Å². The van der Waals surface area contributed by atoms with Crippen LogP contribution >= 0.6 is 11.3 Å². The summed E-state index contributed by atoms with van der Waals surface area (Å²) in [4.78, 5) is 13.5. The number of anilines is 1. The monoisotopic (exact) mass is 225 g/mol. The van der Waals surface area contributed by atoms with Gasteiger partial charge in [-0.15, -0.1) is 11.3 Å². The van der Waals surface area contributed by atoms with Crippen molar-refractivity contribution in [2.45, 2.75) is 32.2 Å². The highest BCUT2D eigenvalue weighted by atomic mass is 32.1. The number of carbonyl (C=O) groups is 1. The smallest absolute Gasteiger partial charge is 0.345 e. The SMILES string of the molecule is CC1CCCCN1c1csc(C(=O)O)c1. The van der Waals surface area contributed by atoms with E-state index < -0.39 is 5.97 Å². The molecule has 2 rings (SSSR count). The number of hydrogen-bond acceptors (Lipinski definition) is 3. The summed E-state index contributed by atoms with van der Waals surface area (Å²) in [5.41, 5.74) is 1.07. The van der Waals surface area contributed by atoms with E-state index >= 15 is 0 Å². The molecule has 1 aliphatic heterocycles. The Bertz CT molecular complexity index is 361. The molecule has 1 aromatic heterocycles. The van der Waals surface area contributed by atoms with Crippen LogP contribution in [0, 0.1) is 0 Å². The van der Waals surface area contributed by atoms with Crippen molar-refractivity contribution in [1.29, 1.82) is 0 Å². The van der Waals surface area contributed by atoms with Gasteiger partial charge in [0.25, 0.3) is 0 Å². The summed E-state index contributed by atoms with van der Waals surface area (Å²) in [5.74, 6) is -0.823. The molecule has 0 bridgehead atoms. The minimum atomic E-state index is -0.823. The standard InChI is InChI=1S/C11H15NO2S/c1-8-4-2-3-5-12(8)9-6-10(11(13)14)15-7-9/h6-8H,2-5H2,1H3,(H,13,14). The molecule has 0 spiro atoms. The number of thiophene rings is 1. The fourth-order valence-corrected chi connectivity index (χ4v) is 2.81. The van der Waals surface area contributed by atoms with E-state index in [9.17, 15) is 4.79 Å². The molecule has 0 saturated carbocycles. The molecule has 0 aliphatic carbocycles. The summed E-state index contributed by atoms with van der Waals surface area (Å²) in [5, 5.41) is 10.8. The van der Waals surface area contributed by atoms with Gasteiger partial charge in [0.15, 0.2) is 0 Å². The Balaban J connectivity index is 2.17. The second kappa shape index (κ2) is 4.23. The topological polar surface area (TPSA) is 40.5 Å². The minimum absolute atomic E-state index is 0.433. The second-order valence-electron chi connectivity index (χ2n) is 4.01. The van der Waals surface area contributed by atoms with Gasteiger partial charge in [0, 0.05) is 23.7 Å². The van der Waals surface area contributed by atoms with Gasteiger partial charge in [0.05, 0.1) is 0 Å². The number of carboxylic acids is 1. The fourth-order valence-electron chi connectivity index (χ4n) is 2.07. The summed E-state index contributed by atoms with van der Waals surface area (Å²) in [7, 11) is 0. The van der Waals surface area contributed by atoms with Crippen LogP contribution in [0.15, 0.2) is 11.4 Å². The second-order valence-corrected chi connectivity index (χ2v) is 4.92. The largest absolute Gasteiger partial charge is 0.477 e. The van der Waals surface area contributed by atoms with Gasteiger partial charge >= 0.3 is 5.97 Å². The van der Waals surface area contributed by atoms with Crippen molar-refractivity contribution in [3.05, 3.63) is 16.3 Å². The van der Waals surface area contributed by atoms with Crippen LogP contribution < -0.4 is 4.90 Å². The highest BCUT2D eigenvalue weighted by molar-refractivity contribution is 7.12. The lowest BCUT2D eigenvalue weighted by Crippen LogP contribution is -2.37. The normalized spacial score (nSPS) is 21.7. The summed E-state index contributed by atoms with van der Waals surface area (Å²) in [6.45, 7) is 3.26. The van der Waals surface area contributed by atoms with Crippen LogP contribution in [0.3, 0.4) is 0 Å². The molecule has 3 nitrogen and oxygen atoms in total. The highest BCUT2D eigenvalue weighted by Crippen LogP contribution is 2.28. The lowest BCUT2D eigenvalue weighted by atomic mass is 10.0. The minimum Gasteiger partial charge on any atom is -0.477 e. The van der Waals surface area contributed by atoms with Crippen LogP contribution in [-0.2, 0) is 0 Å². The molecular formula is C11H15NO2S. The van der Waals surface area contributed by atoms with Crippen LogP contribution in [0.25, 0.3) is 0 Å². The molecule has 1 fully saturated rings. The van der Waals surface area contributed by atoms with Gasteiger partial charge in [0.2, 0.25) is 0 Å². The van der Waals surface area contributed by atoms with Gasteiger partial charge in [-0.25, -0.2) is 4.79 Å². The van der Waals surface area contributed by atoms with E-state index in [1.54, 1.807) is 6.07 Å². The van der Waals surface area contributed by atoms with Crippen molar-refractivity contribution in [3.63, 3.8) is 0 Å². The Morgan fingerprint density at radius 3 is 3.00 bits per heavy atom. The van der Waals surface area contributed by atoms with Crippen LogP contribution in [0.2, 0.25) is 0 Å². The summed E-state index contributed by atoms with van der Waals surface area (Å²) < 4.78 is 0. The van der Waals surface area contributed by atoms with Crippen LogP contribution in [0.5, 0.6) is 0 Å². The molecule has 2 heterocycles. The Kier molecular flexibility index (Phi) is 2.95. The molecule has 82 valence electrons. The molecular weight excluding hydrogens is 210 g/mol. The molecule has 1 N–H and O–H groups in total. The van der Waals surface area contributed by atoms with Gasteiger partial charge in [-0.1, -0.05) is 0 Å². The van der Waals surface area contributed by atoms with E-state index in [0.29, 0.717) is 10.9 Å². The number of piperidine rings is 1. The van der Waals surface area contributed by atoms with Gasteiger partial charge < -0.3 is 10.0 Å². The fraction of sp³-hybridized carbons (Fsp3) is 0.545. The summed E-state index contributed by atoms with van der Waals surface area (Å²) in [6, 6.07) is 2.32. The van der Waals surface area contributed by atoms with E-state index in [4.69, 9.17) is 5.11 Å². The van der Waals surface area contributed by atoms with E-state index in [1.807, 2.05) is 5.38 Å². The first-order valence-electron chi connectivity index (χ1n) is 5.27. The molecule has 0 amide bonds. The quantitative estimate of drug-likeness (QED) is 0.841. The Labute approximate surface area is 93.3 Å². The zero-order valence-corrected chi connectivity index (χ0v) is 9.59. The third-order valence-electron chi connectivity index (χ3n) is 2.93. The summed E-state index contributed by atoms with van der Waals surface area (Å²) in [6.07, 6.45) is 3.70. The third-order valence-corrected chi connectivity index (χ3v) is 3.84. The van der Waals surface area contributed by atoms with E-state index in [0.717, 1.165) is 12.2 Å². The number of aromatic carboxylic acids is 1. The van der Waals surface area contributed by atoms with Crippen molar-refractivity contribution >= 4 is 23.0 Å². The van der Waals surface area contributed by atoms with Crippen molar-refractivity contribution in [2.75, 3.05) is 11.4 Å². The number of rotatable bonds is 2. The number of hydrogen-bond donors (Lipinski definition) is 1. The van der Waals surface area contributed by atoms with E-state index in [2.05, 4.69) is 11.8 Å². The maximum atomic E-state index is 10.8. The molecule has 1 unspecified atom stereocenters. The van der Waals surface area contributed by atoms with Gasteiger partial charge in [-0.2, -0.15) is 0 Å². The zero-order valence-electron chi connectivity index (χ0n) is 8.77. The number of carboxylic acid groups (broad SMARTS) is 1. The molecule has 0 radical (unpaired) electrons. The number of nitrogens with zero attached hydrogens (tertiary/aromatic N) is 1. The Morgan fingerprint density at radius 2 is 2.40 bits per heavy atom. The van der Waals surface area contributed by atoms with Gasteiger partial charge in [-0.05, 0) is 32.3 Å². The molecule has 1 aromatic rings. The highest BCUT2D eigenvalue weighted by Gasteiger charge is 2.20. The van der Waals surface area contributed by atoms with Gasteiger partial charge in [0.1, 0.15) is 4.88 Å².